The van der Waals surface area contributed by atoms with Crippen LogP contribution in [0.25, 0.3) is 11.0 Å². The van der Waals surface area contributed by atoms with E-state index in [0.29, 0.717) is 22.3 Å². The Morgan fingerprint density at radius 3 is 2.94 bits per heavy atom. The van der Waals surface area contributed by atoms with Crippen LogP contribution in [0.5, 0.6) is 0 Å². The molecule has 0 aliphatic carbocycles. The number of rotatable bonds is 2. The molecule has 6 heteroatoms. The van der Waals surface area contributed by atoms with Gasteiger partial charge in [0.05, 0.1) is 6.20 Å². The third-order valence-corrected chi connectivity index (χ3v) is 2.76. The van der Waals surface area contributed by atoms with Crippen LogP contribution in [-0.2, 0) is 0 Å². The number of aromatic amines is 1. The van der Waals surface area contributed by atoms with Crippen LogP contribution >= 0.6 is 0 Å². The average Bonchev–Trinajstić information content (AvgIpc) is 2.93. The van der Waals surface area contributed by atoms with Crippen molar-refractivity contribution < 1.29 is 13.9 Å². The zero-order valence-corrected chi connectivity index (χ0v) is 9.22. The van der Waals surface area contributed by atoms with Crippen molar-refractivity contribution in [1.29, 1.82) is 0 Å². The lowest BCUT2D eigenvalue weighted by molar-refractivity contribution is 0.193. The van der Waals surface area contributed by atoms with Crippen molar-refractivity contribution in [2.45, 2.75) is 6.10 Å². The molecule has 4 N–H and O–H groups in total. The summed E-state index contributed by atoms with van der Waals surface area (Å²) in [7, 11) is 0. The van der Waals surface area contributed by atoms with Crippen molar-refractivity contribution >= 4 is 16.8 Å². The van der Waals surface area contributed by atoms with Gasteiger partial charge in [-0.1, -0.05) is 0 Å². The minimum absolute atomic E-state index is 0.272. The maximum absolute atomic E-state index is 13.0. The molecule has 3 rings (SSSR count). The number of anilines is 1. The van der Waals surface area contributed by atoms with Crippen LogP contribution in [0, 0.1) is 5.82 Å². The van der Waals surface area contributed by atoms with Crippen molar-refractivity contribution in [3.63, 3.8) is 0 Å². The number of aromatic nitrogens is 2. The molecular weight excluding hydrogens is 237 g/mol. The lowest BCUT2D eigenvalue weighted by Crippen LogP contribution is -2.00. The van der Waals surface area contributed by atoms with Crippen molar-refractivity contribution in [3.8, 4) is 0 Å². The Bertz CT molecular complexity index is 704. The van der Waals surface area contributed by atoms with Gasteiger partial charge in [-0.25, -0.2) is 4.39 Å². The second-order valence-electron chi connectivity index (χ2n) is 3.97. The van der Waals surface area contributed by atoms with E-state index in [2.05, 4.69) is 10.2 Å². The van der Waals surface area contributed by atoms with Gasteiger partial charge in [-0.3, -0.25) is 5.10 Å². The molecule has 1 unspecified atom stereocenters. The minimum Gasteiger partial charge on any atom is -0.458 e. The van der Waals surface area contributed by atoms with Gasteiger partial charge in [-0.05, 0) is 24.3 Å². The number of H-pyrrole nitrogens is 1. The van der Waals surface area contributed by atoms with Gasteiger partial charge < -0.3 is 15.3 Å². The minimum atomic E-state index is -1.03. The predicted octanol–water partition coefficient (Wildman–Crippen LogP) is 1.96. The number of hydrogen-bond acceptors (Lipinski definition) is 4. The molecule has 0 radical (unpaired) electrons. The lowest BCUT2D eigenvalue weighted by atomic mass is 10.1. The highest BCUT2D eigenvalue weighted by Gasteiger charge is 2.19. The first kappa shape index (κ1) is 10.8. The van der Waals surface area contributed by atoms with Gasteiger partial charge in [0.25, 0.3) is 0 Å². The van der Waals surface area contributed by atoms with Crippen LogP contribution in [0.2, 0.25) is 0 Å². The van der Waals surface area contributed by atoms with E-state index in [1.807, 2.05) is 0 Å². The predicted molar refractivity (Wildman–Crippen MR) is 63.2 cm³/mol. The third-order valence-electron chi connectivity index (χ3n) is 2.76. The van der Waals surface area contributed by atoms with E-state index >= 15 is 0 Å². The molecule has 0 fully saturated rings. The fourth-order valence-corrected chi connectivity index (χ4v) is 1.85. The highest BCUT2D eigenvalue weighted by Crippen LogP contribution is 2.30. The molecule has 1 aromatic carbocycles. The third kappa shape index (κ3) is 1.63. The van der Waals surface area contributed by atoms with E-state index in [9.17, 15) is 9.50 Å². The SMILES string of the molecule is Nc1[nH]ncc1C(O)c1cc2cc(F)ccc2o1. The van der Waals surface area contributed by atoms with E-state index in [1.54, 1.807) is 6.07 Å². The van der Waals surface area contributed by atoms with E-state index in [1.165, 1.54) is 24.4 Å². The number of hydrogen-bond donors (Lipinski definition) is 3. The van der Waals surface area contributed by atoms with Crippen molar-refractivity contribution in [2.75, 3.05) is 5.73 Å². The summed E-state index contributed by atoms with van der Waals surface area (Å²) in [6.45, 7) is 0. The summed E-state index contributed by atoms with van der Waals surface area (Å²) in [4.78, 5) is 0. The van der Waals surface area contributed by atoms with Gasteiger partial charge >= 0.3 is 0 Å². The number of nitrogens with two attached hydrogens (primary N) is 1. The summed E-state index contributed by atoms with van der Waals surface area (Å²) >= 11 is 0. The Balaban J connectivity index is 2.07. The van der Waals surface area contributed by atoms with E-state index in [-0.39, 0.29) is 11.6 Å². The number of aliphatic hydroxyl groups excluding tert-OH is 1. The van der Waals surface area contributed by atoms with Crippen LogP contribution in [0.1, 0.15) is 17.4 Å². The summed E-state index contributed by atoms with van der Waals surface area (Å²) in [6.07, 6.45) is 0.396. The van der Waals surface area contributed by atoms with Gasteiger partial charge in [-0.15, -0.1) is 0 Å². The first-order valence-corrected chi connectivity index (χ1v) is 5.31. The maximum Gasteiger partial charge on any atom is 0.142 e. The van der Waals surface area contributed by atoms with Crippen LogP contribution in [0.3, 0.4) is 0 Å². The highest BCUT2D eigenvalue weighted by molar-refractivity contribution is 5.78. The topological polar surface area (TPSA) is 88.1 Å². The molecule has 2 aromatic heterocycles. The summed E-state index contributed by atoms with van der Waals surface area (Å²) in [6, 6.07) is 5.73. The largest absolute Gasteiger partial charge is 0.458 e. The molecular formula is C12H10FN3O2. The summed E-state index contributed by atoms with van der Waals surface area (Å²) in [5, 5.41) is 16.9. The number of nitrogen functional groups attached to an aromatic ring is 1. The standard InChI is InChI=1S/C12H10FN3O2/c13-7-1-2-9-6(3-7)4-10(18-9)11(17)8-5-15-16-12(8)14/h1-5,11,17H,(H3,14,15,16). The molecule has 0 saturated carbocycles. The normalized spacial score (nSPS) is 13.0. The maximum atomic E-state index is 13.0. The van der Waals surface area contributed by atoms with E-state index in [4.69, 9.17) is 10.2 Å². The second-order valence-corrected chi connectivity index (χ2v) is 3.97. The molecule has 18 heavy (non-hydrogen) atoms. The number of furan rings is 1. The van der Waals surface area contributed by atoms with E-state index in [0.717, 1.165) is 0 Å². The molecule has 3 aromatic rings. The fraction of sp³-hybridized carbons (Fsp3) is 0.0833. The number of halogens is 1. The number of nitrogens with zero attached hydrogens (tertiary/aromatic N) is 1. The highest BCUT2D eigenvalue weighted by atomic mass is 19.1. The molecule has 1 atom stereocenters. The molecule has 5 nitrogen and oxygen atoms in total. The first-order chi connectivity index (χ1) is 8.65. The molecule has 0 spiro atoms. The quantitative estimate of drug-likeness (QED) is 0.645. The van der Waals surface area contributed by atoms with Gasteiger partial charge in [0.2, 0.25) is 0 Å². The zero-order chi connectivity index (χ0) is 12.7. The van der Waals surface area contributed by atoms with Crippen molar-refractivity contribution in [2.24, 2.45) is 0 Å². The second kappa shape index (κ2) is 3.85. The summed E-state index contributed by atoms with van der Waals surface area (Å²) < 4.78 is 18.5. The first-order valence-electron chi connectivity index (χ1n) is 5.31. The van der Waals surface area contributed by atoms with E-state index < -0.39 is 6.10 Å². The Hall–Kier alpha value is -2.34. The van der Waals surface area contributed by atoms with Gasteiger partial charge in [-0.2, -0.15) is 5.10 Å². The fourth-order valence-electron chi connectivity index (χ4n) is 1.85. The Kier molecular flexibility index (Phi) is 2.31. The summed E-state index contributed by atoms with van der Waals surface area (Å²) in [5.41, 5.74) is 6.55. The van der Waals surface area contributed by atoms with Crippen LogP contribution < -0.4 is 5.73 Å². The van der Waals surface area contributed by atoms with Gasteiger partial charge in [0, 0.05) is 10.9 Å². The Morgan fingerprint density at radius 2 is 2.22 bits per heavy atom. The molecule has 0 aliphatic heterocycles. The van der Waals surface area contributed by atoms with Crippen LogP contribution in [-0.4, -0.2) is 15.3 Å². The summed E-state index contributed by atoms with van der Waals surface area (Å²) in [5.74, 6) is 0.213. The number of fused-ring (bicyclic) bond motifs is 1. The molecule has 0 saturated heterocycles. The zero-order valence-electron chi connectivity index (χ0n) is 9.22. The molecule has 0 aliphatic rings. The van der Waals surface area contributed by atoms with Gasteiger partial charge in [0.15, 0.2) is 0 Å². The lowest BCUT2D eigenvalue weighted by Gasteiger charge is -2.05. The number of benzene rings is 1. The number of nitrogens with one attached hydrogen (secondary N) is 1. The van der Waals surface area contributed by atoms with Crippen molar-refractivity contribution in [1.82, 2.24) is 10.2 Å². The Labute approximate surface area is 101 Å². The monoisotopic (exact) mass is 247 g/mol. The molecule has 0 amide bonds. The van der Waals surface area contributed by atoms with Crippen LogP contribution in [0.4, 0.5) is 10.2 Å². The van der Waals surface area contributed by atoms with Crippen LogP contribution in [0.15, 0.2) is 34.9 Å². The van der Waals surface area contributed by atoms with Gasteiger partial charge in [0.1, 0.15) is 29.1 Å². The molecule has 0 bridgehead atoms. The number of aliphatic hydroxyl groups is 1. The molecule has 92 valence electrons. The Morgan fingerprint density at radius 1 is 1.39 bits per heavy atom. The average molecular weight is 247 g/mol. The van der Waals surface area contributed by atoms with Crippen molar-refractivity contribution in [3.05, 3.63) is 47.6 Å². The molecule has 2 heterocycles. The smallest absolute Gasteiger partial charge is 0.142 e.